The molecule has 0 unspecified atom stereocenters. The van der Waals surface area contributed by atoms with Crippen molar-refractivity contribution < 1.29 is 14.7 Å². The first-order valence-electron chi connectivity index (χ1n) is 8.92. The molecule has 1 fully saturated rings. The van der Waals surface area contributed by atoms with E-state index in [1.54, 1.807) is 14.7 Å². The number of nitrogens with zero attached hydrogens (tertiary/aromatic N) is 3. The fraction of sp³-hybridized carbons (Fsp3) is 0.579. The lowest BCUT2D eigenvalue weighted by Crippen LogP contribution is -2.46. The summed E-state index contributed by atoms with van der Waals surface area (Å²) in [6, 6.07) is 7.87. The molecule has 1 N–H and O–H groups in total. The Morgan fingerprint density at radius 3 is 2.32 bits per heavy atom. The van der Waals surface area contributed by atoms with E-state index in [9.17, 15) is 9.59 Å². The number of hydrogen-bond acceptors (Lipinski definition) is 3. The number of urea groups is 1. The molecule has 0 bridgehead atoms. The van der Waals surface area contributed by atoms with Crippen LogP contribution < -0.4 is 4.90 Å². The lowest BCUT2D eigenvalue weighted by molar-refractivity contribution is -0.133. The fourth-order valence-corrected chi connectivity index (χ4v) is 3.04. The molecule has 1 aromatic rings. The van der Waals surface area contributed by atoms with E-state index in [1.807, 2.05) is 38.1 Å². The lowest BCUT2D eigenvalue weighted by Gasteiger charge is -2.28. The largest absolute Gasteiger partial charge is 0.395 e. The van der Waals surface area contributed by atoms with Gasteiger partial charge in [0.15, 0.2) is 0 Å². The average molecular weight is 347 g/mol. The van der Waals surface area contributed by atoms with Crippen LogP contribution in [-0.4, -0.2) is 65.7 Å². The van der Waals surface area contributed by atoms with Gasteiger partial charge in [-0.1, -0.05) is 26.0 Å². The van der Waals surface area contributed by atoms with E-state index in [0.29, 0.717) is 25.6 Å². The molecule has 6 heteroatoms. The summed E-state index contributed by atoms with van der Waals surface area (Å²) in [4.78, 5) is 30.0. The van der Waals surface area contributed by atoms with E-state index < -0.39 is 0 Å². The Bertz CT molecular complexity index is 598. The smallest absolute Gasteiger partial charge is 0.325 e. The molecule has 6 nitrogen and oxygen atoms in total. The molecule has 0 aliphatic carbocycles. The van der Waals surface area contributed by atoms with Crippen molar-refractivity contribution >= 4 is 17.6 Å². The summed E-state index contributed by atoms with van der Waals surface area (Å²) in [7, 11) is 0. The Labute approximate surface area is 150 Å². The van der Waals surface area contributed by atoms with Gasteiger partial charge in [0.05, 0.1) is 6.61 Å². The minimum Gasteiger partial charge on any atom is -0.395 e. The van der Waals surface area contributed by atoms with Gasteiger partial charge in [0.1, 0.15) is 6.54 Å². The number of rotatable bonds is 7. The van der Waals surface area contributed by atoms with Gasteiger partial charge in [0.2, 0.25) is 5.91 Å². The summed E-state index contributed by atoms with van der Waals surface area (Å²) < 4.78 is 0. The number of aliphatic hydroxyl groups excluding tert-OH is 1. The maximum Gasteiger partial charge on any atom is 0.325 e. The SMILES string of the molecule is CC(C)c1ccc(N2CCN(CC(=O)N(CCO)C(C)C)C2=O)cc1. The minimum absolute atomic E-state index is 0.00274. The van der Waals surface area contributed by atoms with E-state index in [0.717, 1.165) is 5.69 Å². The first kappa shape index (κ1) is 19.2. The molecular formula is C19H29N3O3. The van der Waals surface area contributed by atoms with Crippen molar-refractivity contribution in [2.75, 3.05) is 37.7 Å². The van der Waals surface area contributed by atoms with Gasteiger partial charge in [-0.05, 0) is 37.5 Å². The molecule has 1 aromatic carbocycles. The van der Waals surface area contributed by atoms with E-state index in [4.69, 9.17) is 5.11 Å². The van der Waals surface area contributed by atoms with Gasteiger partial charge >= 0.3 is 6.03 Å². The molecule has 1 heterocycles. The molecule has 1 aliphatic rings. The first-order chi connectivity index (χ1) is 11.8. The van der Waals surface area contributed by atoms with Gasteiger partial charge in [-0.25, -0.2) is 4.79 Å². The molecule has 1 saturated heterocycles. The predicted octanol–water partition coefficient (Wildman–Crippen LogP) is 2.28. The normalized spacial score (nSPS) is 14.8. The Morgan fingerprint density at radius 1 is 1.16 bits per heavy atom. The van der Waals surface area contributed by atoms with Gasteiger partial charge in [-0.2, -0.15) is 0 Å². The van der Waals surface area contributed by atoms with Crippen LogP contribution in [0.25, 0.3) is 0 Å². The molecule has 25 heavy (non-hydrogen) atoms. The van der Waals surface area contributed by atoms with E-state index >= 15 is 0 Å². The summed E-state index contributed by atoms with van der Waals surface area (Å²) in [5.41, 5.74) is 2.10. The van der Waals surface area contributed by atoms with Crippen LogP contribution in [0.2, 0.25) is 0 Å². The third kappa shape index (κ3) is 4.51. The molecule has 3 amide bonds. The Hall–Kier alpha value is -2.08. The maximum atomic E-state index is 12.6. The second-order valence-corrected chi connectivity index (χ2v) is 7.01. The molecule has 2 rings (SSSR count). The van der Waals surface area contributed by atoms with Crippen LogP contribution in [0.3, 0.4) is 0 Å². The van der Waals surface area contributed by atoms with Crippen molar-refractivity contribution in [1.29, 1.82) is 0 Å². The average Bonchev–Trinajstić information content (AvgIpc) is 2.93. The van der Waals surface area contributed by atoms with E-state index in [2.05, 4.69) is 13.8 Å². The molecule has 138 valence electrons. The highest BCUT2D eigenvalue weighted by molar-refractivity contribution is 5.96. The van der Waals surface area contributed by atoms with Crippen LogP contribution in [0.1, 0.15) is 39.2 Å². The Morgan fingerprint density at radius 2 is 1.80 bits per heavy atom. The van der Waals surface area contributed by atoms with Crippen LogP contribution in [0.15, 0.2) is 24.3 Å². The van der Waals surface area contributed by atoms with Gasteiger partial charge < -0.3 is 14.9 Å². The molecule has 1 aliphatic heterocycles. The number of carbonyl (C=O) groups excluding carboxylic acids is 2. The quantitative estimate of drug-likeness (QED) is 0.823. The zero-order valence-corrected chi connectivity index (χ0v) is 15.6. The number of amides is 3. The summed E-state index contributed by atoms with van der Waals surface area (Å²) >= 11 is 0. The fourth-order valence-electron chi connectivity index (χ4n) is 3.04. The highest BCUT2D eigenvalue weighted by atomic mass is 16.3. The van der Waals surface area contributed by atoms with Crippen molar-refractivity contribution in [3.63, 3.8) is 0 Å². The third-order valence-electron chi connectivity index (χ3n) is 4.58. The van der Waals surface area contributed by atoms with Crippen molar-refractivity contribution in [3.05, 3.63) is 29.8 Å². The second-order valence-electron chi connectivity index (χ2n) is 7.01. The summed E-state index contributed by atoms with van der Waals surface area (Å²) in [5, 5.41) is 9.12. The number of anilines is 1. The summed E-state index contributed by atoms with van der Waals surface area (Å²) in [6.07, 6.45) is 0. The van der Waals surface area contributed by atoms with Crippen molar-refractivity contribution in [3.8, 4) is 0 Å². The predicted molar refractivity (Wildman–Crippen MR) is 98.8 cm³/mol. The Kier molecular flexibility index (Phi) is 6.42. The topological polar surface area (TPSA) is 64.1 Å². The standard InChI is InChI=1S/C19H29N3O3/c1-14(2)16-5-7-17(8-6-16)22-10-9-20(19(22)25)13-18(24)21(11-12-23)15(3)4/h5-8,14-15,23H,9-13H2,1-4H3. The number of carbonyl (C=O) groups is 2. The monoisotopic (exact) mass is 347 g/mol. The first-order valence-corrected chi connectivity index (χ1v) is 8.92. The number of benzene rings is 1. The van der Waals surface area contributed by atoms with Gasteiger partial charge in [-0.3, -0.25) is 9.69 Å². The van der Waals surface area contributed by atoms with Crippen molar-refractivity contribution in [2.24, 2.45) is 0 Å². The lowest BCUT2D eigenvalue weighted by atomic mass is 10.0. The number of aliphatic hydroxyl groups is 1. The van der Waals surface area contributed by atoms with E-state index in [1.165, 1.54) is 5.56 Å². The van der Waals surface area contributed by atoms with Crippen molar-refractivity contribution in [1.82, 2.24) is 9.80 Å². The maximum absolute atomic E-state index is 12.6. The third-order valence-corrected chi connectivity index (χ3v) is 4.58. The molecular weight excluding hydrogens is 318 g/mol. The number of hydrogen-bond donors (Lipinski definition) is 1. The van der Waals surface area contributed by atoms with Crippen LogP contribution in [-0.2, 0) is 4.79 Å². The van der Waals surface area contributed by atoms with E-state index in [-0.39, 0.29) is 31.1 Å². The van der Waals surface area contributed by atoms with Crippen molar-refractivity contribution in [2.45, 2.75) is 39.7 Å². The molecule has 0 saturated carbocycles. The van der Waals surface area contributed by atoms with Crippen LogP contribution in [0.5, 0.6) is 0 Å². The Balaban J connectivity index is 2.02. The summed E-state index contributed by atoms with van der Waals surface area (Å²) in [5.74, 6) is 0.320. The summed E-state index contributed by atoms with van der Waals surface area (Å²) in [6.45, 7) is 9.45. The zero-order chi connectivity index (χ0) is 18.6. The van der Waals surface area contributed by atoms with Gasteiger partial charge in [0, 0.05) is 31.4 Å². The molecule has 0 aromatic heterocycles. The second kappa shape index (κ2) is 8.34. The van der Waals surface area contributed by atoms with Crippen LogP contribution in [0.4, 0.5) is 10.5 Å². The molecule has 0 radical (unpaired) electrons. The minimum atomic E-state index is -0.140. The molecule has 0 atom stereocenters. The van der Waals surface area contributed by atoms with Crippen LogP contribution >= 0.6 is 0 Å². The molecule has 0 spiro atoms. The zero-order valence-electron chi connectivity index (χ0n) is 15.6. The van der Waals surface area contributed by atoms with Gasteiger partial charge in [-0.15, -0.1) is 0 Å². The highest BCUT2D eigenvalue weighted by Crippen LogP contribution is 2.23. The highest BCUT2D eigenvalue weighted by Gasteiger charge is 2.32. The van der Waals surface area contributed by atoms with Crippen LogP contribution in [0, 0.1) is 0 Å². The van der Waals surface area contributed by atoms with Gasteiger partial charge in [0.25, 0.3) is 0 Å².